The highest BCUT2D eigenvalue weighted by atomic mass is 31.2. The van der Waals surface area contributed by atoms with Crippen molar-refractivity contribution in [3.63, 3.8) is 0 Å². The van der Waals surface area contributed by atoms with Crippen molar-refractivity contribution in [2.75, 3.05) is 32.5 Å². The number of ketones is 1. The fourth-order valence-corrected chi connectivity index (χ4v) is 2.59. The molecular weight excluding hydrogens is 217 g/mol. The van der Waals surface area contributed by atoms with Gasteiger partial charge in [0.15, 0.2) is 0 Å². The van der Waals surface area contributed by atoms with E-state index in [0.29, 0.717) is 25.9 Å². The molecule has 0 fully saturated rings. The third-order valence-electron chi connectivity index (χ3n) is 1.59. The maximum absolute atomic E-state index is 11.9. The highest BCUT2D eigenvalue weighted by Crippen LogP contribution is 2.47. The second-order valence-electron chi connectivity index (χ2n) is 3.05. The first-order valence-corrected chi connectivity index (χ1v) is 6.85. The third kappa shape index (κ3) is 7.68. The van der Waals surface area contributed by atoms with E-state index in [0.717, 1.165) is 0 Å². The normalized spacial score (nSPS) is 11.7. The van der Waals surface area contributed by atoms with Crippen molar-refractivity contribution in [2.45, 2.75) is 20.8 Å². The van der Waals surface area contributed by atoms with E-state index in [1.165, 1.54) is 6.92 Å². The van der Waals surface area contributed by atoms with Crippen LogP contribution in [0.25, 0.3) is 0 Å². The van der Waals surface area contributed by atoms with Crippen LogP contribution in [-0.2, 0) is 18.4 Å². The van der Waals surface area contributed by atoms with Crippen LogP contribution >= 0.6 is 7.60 Å². The van der Waals surface area contributed by atoms with Crippen LogP contribution in [0.1, 0.15) is 20.8 Å². The molecule has 0 spiro atoms. The van der Waals surface area contributed by atoms with E-state index in [2.05, 4.69) is 5.32 Å². The number of hydrogen-bond acceptors (Lipinski definition) is 5. The van der Waals surface area contributed by atoms with Gasteiger partial charge in [0.2, 0.25) is 0 Å². The Morgan fingerprint density at radius 2 is 1.80 bits per heavy atom. The molecule has 0 aliphatic heterocycles. The van der Waals surface area contributed by atoms with E-state index in [9.17, 15) is 9.36 Å². The SMILES string of the molecule is CCOP(=O)(CCNCC(C)=O)OCC. The van der Waals surface area contributed by atoms with Crippen molar-refractivity contribution in [1.29, 1.82) is 0 Å². The molecule has 0 saturated heterocycles. The van der Waals surface area contributed by atoms with Gasteiger partial charge in [0.05, 0.1) is 25.9 Å². The van der Waals surface area contributed by atoms with Crippen LogP contribution in [0, 0.1) is 0 Å². The Kier molecular flexibility index (Phi) is 7.88. The number of carbonyl (C=O) groups is 1. The monoisotopic (exact) mass is 237 g/mol. The van der Waals surface area contributed by atoms with E-state index >= 15 is 0 Å². The minimum Gasteiger partial charge on any atom is -0.309 e. The molecule has 0 aromatic rings. The van der Waals surface area contributed by atoms with Crippen LogP contribution in [0.2, 0.25) is 0 Å². The van der Waals surface area contributed by atoms with Crippen molar-refractivity contribution < 1.29 is 18.4 Å². The lowest BCUT2D eigenvalue weighted by molar-refractivity contribution is -0.116. The van der Waals surface area contributed by atoms with E-state index in [4.69, 9.17) is 9.05 Å². The summed E-state index contributed by atoms with van der Waals surface area (Å²) in [5, 5.41) is 2.88. The molecule has 5 nitrogen and oxygen atoms in total. The van der Waals surface area contributed by atoms with Gasteiger partial charge < -0.3 is 14.4 Å². The van der Waals surface area contributed by atoms with E-state index in [1.807, 2.05) is 0 Å². The van der Waals surface area contributed by atoms with Crippen LogP contribution < -0.4 is 5.32 Å². The Bertz CT molecular complexity index is 222. The Morgan fingerprint density at radius 1 is 1.27 bits per heavy atom. The molecule has 0 rings (SSSR count). The Labute approximate surface area is 91.1 Å². The number of nitrogens with one attached hydrogen (secondary N) is 1. The molecule has 0 saturated carbocycles. The predicted octanol–water partition coefficient (Wildman–Crippen LogP) is 1.43. The molecule has 0 bridgehead atoms. The first kappa shape index (κ1) is 14.8. The minimum atomic E-state index is -2.95. The lowest BCUT2D eigenvalue weighted by Gasteiger charge is -2.16. The number of hydrogen-bond donors (Lipinski definition) is 1. The summed E-state index contributed by atoms with van der Waals surface area (Å²) < 4.78 is 22.1. The Hall–Kier alpha value is -0.220. The Morgan fingerprint density at radius 3 is 2.20 bits per heavy atom. The molecule has 0 atom stereocenters. The van der Waals surface area contributed by atoms with Crippen LogP contribution in [0.4, 0.5) is 0 Å². The first-order valence-electron chi connectivity index (χ1n) is 5.12. The third-order valence-corrected chi connectivity index (χ3v) is 3.66. The van der Waals surface area contributed by atoms with Crippen LogP contribution in [0.15, 0.2) is 0 Å². The average Bonchev–Trinajstić information content (AvgIpc) is 2.13. The van der Waals surface area contributed by atoms with Crippen LogP contribution in [0.3, 0.4) is 0 Å². The van der Waals surface area contributed by atoms with Gasteiger partial charge in [-0.05, 0) is 20.8 Å². The summed E-state index contributed by atoms with van der Waals surface area (Å²) in [5.41, 5.74) is 0. The molecule has 0 aliphatic carbocycles. The zero-order chi connectivity index (χ0) is 11.7. The minimum absolute atomic E-state index is 0.0534. The highest BCUT2D eigenvalue weighted by molar-refractivity contribution is 7.53. The second-order valence-corrected chi connectivity index (χ2v) is 5.23. The molecule has 0 unspecified atom stereocenters. The summed E-state index contributed by atoms with van der Waals surface area (Å²) >= 11 is 0. The maximum atomic E-state index is 11.9. The van der Waals surface area contributed by atoms with Crippen molar-refractivity contribution in [3.8, 4) is 0 Å². The van der Waals surface area contributed by atoms with Gasteiger partial charge in [0.1, 0.15) is 5.78 Å². The van der Waals surface area contributed by atoms with Gasteiger partial charge in [-0.2, -0.15) is 0 Å². The van der Waals surface area contributed by atoms with Gasteiger partial charge in [-0.15, -0.1) is 0 Å². The maximum Gasteiger partial charge on any atom is 0.331 e. The number of Topliss-reactive ketones (excluding diaryl/α,β-unsaturated/α-hetero) is 1. The van der Waals surface area contributed by atoms with Crippen LogP contribution in [0.5, 0.6) is 0 Å². The number of carbonyl (C=O) groups excluding carboxylic acids is 1. The fourth-order valence-electron chi connectivity index (χ4n) is 1.04. The van der Waals surface area contributed by atoms with Gasteiger partial charge in [0, 0.05) is 6.54 Å². The first-order chi connectivity index (χ1) is 7.04. The summed E-state index contributed by atoms with van der Waals surface area (Å²) in [6, 6.07) is 0. The topological polar surface area (TPSA) is 64.6 Å². The van der Waals surface area contributed by atoms with Crippen molar-refractivity contribution in [1.82, 2.24) is 5.32 Å². The molecule has 0 aromatic carbocycles. The molecule has 0 amide bonds. The van der Waals surface area contributed by atoms with Crippen molar-refractivity contribution >= 4 is 13.4 Å². The highest BCUT2D eigenvalue weighted by Gasteiger charge is 2.22. The molecule has 6 heteroatoms. The largest absolute Gasteiger partial charge is 0.331 e. The summed E-state index contributed by atoms with van der Waals surface area (Å²) in [7, 11) is -2.95. The van der Waals surface area contributed by atoms with Crippen LogP contribution in [-0.4, -0.2) is 38.2 Å². The van der Waals surface area contributed by atoms with Gasteiger partial charge >= 0.3 is 7.60 Å². The lowest BCUT2D eigenvalue weighted by Crippen LogP contribution is -2.24. The van der Waals surface area contributed by atoms with E-state index in [1.54, 1.807) is 13.8 Å². The molecule has 0 heterocycles. The molecule has 0 radical (unpaired) electrons. The van der Waals surface area contributed by atoms with Crippen molar-refractivity contribution in [2.24, 2.45) is 0 Å². The summed E-state index contributed by atoms with van der Waals surface area (Å²) in [4.78, 5) is 10.6. The van der Waals surface area contributed by atoms with Gasteiger partial charge in [-0.25, -0.2) is 0 Å². The van der Waals surface area contributed by atoms with Gasteiger partial charge in [-0.3, -0.25) is 9.36 Å². The zero-order valence-corrected chi connectivity index (χ0v) is 10.5. The average molecular weight is 237 g/mol. The summed E-state index contributed by atoms with van der Waals surface area (Å²) in [6.45, 7) is 6.52. The van der Waals surface area contributed by atoms with E-state index in [-0.39, 0.29) is 12.3 Å². The molecular formula is C9H20NO4P. The molecule has 90 valence electrons. The summed E-state index contributed by atoms with van der Waals surface area (Å²) in [6.07, 6.45) is 0.294. The smallest absolute Gasteiger partial charge is 0.309 e. The summed E-state index contributed by atoms with van der Waals surface area (Å²) in [5.74, 6) is 0.0534. The molecule has 1 N–H and O–H groups in total. The van der Waals surface area contributed by atoms with Crippen molar-refractivity contribution in [3.05, 3.63) is 0 Å². The van der Waals surface area contributed by atoms with E-state index < -0.39 is 7.60 Å². The molecule has 0 aromatic heterocycles. The zero-order valence-electron chi connectivity index (χ0n) is 9.62. The number of rotatable bonds is 9. The molecule has 15 heavy (non-hydrogen) atoms. The van der Waals surface area contributed by atoms with Gasteiger partial charge in [-0.1, -0.05) is 0 Å². The van der Waals surface area contributed by atoms with Gasteiger partial charge in [0.25, 0.3) is 0 Å². The quantitative estimate of drug-likeness (QED) is 0.485. The Balaban J connectivity index is 3.85. The molecule has 0 aliphatic rings. The lowest BCUT2D eigenvalue weighted by atomic mass is 10.4. The second kappa shape index (κ2) is 7.99. The standard InChI is InChI=1S/C9H20NO4P/c1-4-13-15(12,14-5-2)7-6-10-8-9(3)11/h10H,4-8H2,1-3H3. The fraction of sp³-hybridized carbons (Fsp3) is 0.889. The predicted molar refractivity (Wildman–Crippen MR) is 59.3 cm³/mol.